The molecule has 0 spiro atoms. The van der Waals surface area contributed by atoms with E-state index in [-0.39, 0.29) is 23.7 Å². The molecule has 6 heteroatoms. The molecule has 1 fully saturated rings. The summed E-state index contributed by atoms with van der Waals surface area (Å²) in [5.41, 5.74) is 0.656. The third kappa shape index (κ3) is 3.62. The van der Waals surface area contributed by atoms with Crippen LogP contribution in [0.15, 0.2) is 24.3 Å². The lowest BCUT2D eigenvalue weighted by molar-refractivity contribution is 0.0689. The van der Waals surface area contributed by atoms with Gasteiger partial charge in [0.1, 0.15) is 5.82 Å². The second-order valence-corrected chi connectivity index (χ2v) is 7.94. The van der Waals surface area contributed by atoms with Crippen molar-refractivity contribution in [3.8, 4) is 0 Å². The standard InChI is InChI=1S/C15H23FN2O2S/c1-4-21(19,20)17-9-12(2)18(13(3)10-17)11-14-7-5-6-8-15(14)16/h5-8,12-13H,4,9-11H2,1-3H3/t12-,13+. The number of sulfonamides is 1. The fourth-order valence-electron chi connectivity index (χ4n) is 2.85. The lowest BCUT2D eigenvalue weighted by Gasteiger charge is -2.43. The Balaban J connectivity index is 2.12. The molecule has 0 saturated carbocycles. The molecule has 1 aliphatic rings. The molecule has 0 amide bonds. The highest BCUT2D eigenvalue weighted by Gasteiger charge is 2.34. The zero-order valence-corrected chi connectivity index (χ0v) is 13.6. The van der Waals surface area contributed by atoms with Crippen LogP contribution in [0.1, 0.15) is 26.3 Å². The van der Waals surface area contributed by atoms with Crippen molar-refractivity contribution in [3.05, 3.63) is 35.6 Å². The number of benzene rings is 1. The van der Waals surface area contributed by atoms with Gasteiger partial charge in [0, 0.05) is 37.3 Å². The van der Waals surface area contributed by atoms with E-state index in [2.05, 4.69) is 4.90 Å². The molecule has 1 heterocycles. The summed E-state index contributed by atoms with van der Waals surface area (Å²) in [4.78, 5) is 2.17. The van der Waals surface area contributed by atoms with Gasteiger partial charge in [-0.05, 0) is 26.8 Å². The van der Waals surface area contributed by atoms with Gasteiger partial charge in [0.2, 0.25) is 10.0 Å². The van der Waals surface area contributed by atoms with Gasteiger partial charge in [0.15, 0.2) is 0 Å². The second kappa shape index (κ2) is 6.42. The van der Waals surface area contributed by atoms with Gasteiger partial charge < -0.3 is 0 Å². The third-order valence-corrected chi connectivity index (χ3v) is 5.95. The number of nitrogens with zero attached hydrogens (tertiary/aromatic N) is 2. The molecule has 118 valence electrons. The van der Waals surface area contributed by atoms with Crippen LogP contribution in [0, 0.1) is 5.82 Å². The summed E-state index contributed by atoms with van der Waals surface area (Å²) in [5.74, 6) is -0.0831. The molecule has 1 aliphatic heterocycles. The Morgan fingerprint density at radius 1 is 1.19 bits per heavy atom. The molecule has 0 aliphatic carbocycles. The van der Waals surface area contributed by atoms with Crippen LogP contribution >= 0.6 is 0 Å². The van der Waals surface area contributed by atoms with Crippen LogP contribution < -0.4 is 0 Å². The minimum absolute atomic E-state index is 0.0645. The molecule has 0 aromatic heterocycles. The molecular formula is C15H23FN2O2S. The number of piperazine rings is 1. The second-order valence-electron chi connectivity index (χ2n) is 5.68. The van der Waals surface area contributed by atoms with E-state index < -0.39 is 10.0 Å². The lowest BCUT2D eigenvalue weighted by atomic mass is 10.1. The Bertz CT molecular complexity index is 579. The van der Waals surface area contributed by atoms with Crippen molar-refractivity contribution in [2.45, 2.75) is 39.4 Å². The molecule has 0 unspecified atom stereocenters. The summed E-state index contributed by atoms with van der Waals surface area (Å²) in [6.07, 6.45) is 0. The van der Waals surface area contributed by atoms with Gasteiger partial charge in [-0.25, -0.2) is 12.8 Å². The summed E-state index contributed by atoms with van der Waals surface area (Å²) < 4.78 is 39.4. The predicted molar refractivity (Wildman–Crippen MR) is 81.9 cm³/mol. The fourth-order valence-corrected chi connectivity index (χ4v) is 4.10. The molecule has 1 aromatic rings. The number of rotatable bonds is 4. The third-order valence-electron chi connectivity index (χ3n) is 4.14. The van der Waals surface area contributed by atoms with Gasteiger partial charge in [-0.1, -0.05) is 18.2 Å². The fraction of sp³-hybridized carbons (Fsp3) is 0.600. The first-order chi connectivity index (χ1) is 9.85. The maximum atomic E-state index is 13.8. The van der Waals surface area contributed by atoms with E-state index in [0.717, 1.165) is 0 Å². The first-order valence-corrected chi connectivity index (χ1v) is 8.93. The predicted octanol–water partition coefficient (Wildman–Crippen LogP) is 2.07. The average Bonchev–Trinajstić information content (AvgIpc) is 2.44. The summed E-state index contributed by atoms with van der Waals surface area (Å²) >= 11 is 0. The SMILES string of the molecule is CCS(=O)(=O)N1C[C@@H](C)N(Cc2ccccc2F)[C@@H](C)C1. The molecule has 2 atom stereocenters. The van der Waals surface area contributed by atoms with Crippen LogP contribution in [0.5, 0.6) is 0 Å². The van der Waals surface area contributed by atoms with Crippen molar-refractivity contribution in [2.24, 2.45) is 0 Å². The molecule has 0 N–H and O–H groups in total. The van der Waals surface area contributed by atoms with Crippen molar-refractivity contribution in [2.75, 3.05) is 18.8 Å². The van der Waals surface area contributed by atoms with Crippen LogP contribution in [0.2, 0.25) is 0 Å². The summed E-state index contributed by atoms with van der Waals surface area (Å²) in [6, 6.07) is 6.87. The number of hydrogen-bond acceptors (Lipinski definition) is 3. The van der Waals surface area contributed by atoms with Gasteiger partial charge in [-0.2, -0.15) is 4.31 Å². The summed E-state index contributed by atoms with van der Waals surface area (Å²) in [6.45, 7) is 7.10. The molecule has 1 saturated heterocycles. The average molecular weight is 314 g/mol. The van der Waals surface area contributed by atoms with Crippen LogP contribution in [-0.2, 0) is 16.6 Å². The van der Waals surface area contributed by atoms with Gasteiger partial charge in [-0.3, -0.25) is 4.90 Å². The molecule has 0 radical (unpaired) electrons. The van der Waals surface area contributed by atoms with E-state index in [1.54, 1.807) is 23.4 Å². The Hall–Kier alpha value is -0.980. The van der Waals surface area contributed by atoms with Crippen molar-refractivity contribution in [3.63, 3.8) is 0 Å². The van der Waals surface area contributed by atoms with Crippen molar-refractivity contribution >= 4 is 10.0 Å². The smallest absolute Gasteiger partial charge is 0.213 e. The van der Waals surface area contributed by atoms with Gasteiger partial charge in [0.25, 0.3) is 0 Å². The zero-order valence-electron chi connectivity index (χ0n) is 12.8. The summed E-state index contributed by atoms with van der Waals surface area (Å²) in [7, 11) is -3.16. The maximum Gasteiger partial charge on any atom is 0.213 e. The molecule has 21 heavy (non-hydrogen) atoms. The maximum absolute atomic E-state index is 13.8. The zero-order chi connectivity index (χ0) is 15.6. The van der Waals surface area contributed by atoms with E-state index >= 15 is 0 Å². The number of hydrogen-bond donors (Lipinski definition) is 0. The molecule has 0 bridgehead atoms. The van der Waals surface area contributed by atoms with Crippen LogP contribution in [0.25, 0.3) is 0 Å². The van der Waals surface area contributed by atoms with E-state index in [1.807, 2.05) is 19.9 Å². The largest absolute Gasteiger partial charge is 0.291 e. The Kier molecular flexibility index (Phi) is 5.01. The molecule has 1 aromatic carbocycles. The molecule has 4 nitrogen and oxygen atoms in total. The topological polar surface area (TPSA) is 40.6 Å². The van der Waals surface area contributed by atoms with E-state index in [4.69, 9.17) is 0 Å². The monoisotopic (exact) mass is 314 g/mol. The minimum atomic E-state index is -3.16. The Morgan fingerprint density at radius 3 is 2.29 bits per heavy atom. The van der Waals surface area contributed by atoms with Gasteiger partial charge in [-0.15, -0.1) is 0 Å². The van der Waals surface area contributed by atoms with E-state index in [1.165, 1.54) is 6.07 Å². The van der Waals surface area contributed by atoms with Gasteiger partial charge in [0.05, 0.1) is 5.75 Å². The van der Waals surface area contributed by atoms with E-state index in [9.17, 15) is 12.8 Å². The highest BCUT2D eigenvalue weighted by Crippen LogP contribution is 2.22. The minimum Gasteiger partial charge on any atom is -0.291 e. The van der Waals surface area contributed by atoms with E-state index in [0.29, 0.717) is 25.2 Å². The first-order valence-electron chi connectivity index (χ1n) is 7.32. The van der Waals surface area contributed by atoms with Crippen molar-refractivity contribution < 1.29 is 12.8 Å². The lowest BCUT2D eigenvalue weighted by Crippen LogP contribution is -2.57. The molecular weight excluding hydrogens is 291 g/mol. The van der Waals surface area contributed by atoms with Crippen molar-refractivity contribution in [1.82, 2.24) is 9.21 Å². The normalized spacial score (nSPS) is 25.1. The quantitative estimate of drug-likeness (QED) is 0.854. The van der Waals surface area contributed by atoms with Gasteiger partial charge >= 0.3 is 0 Å². The first kappa shape index (κ1) is 16.4. The number of halogens is 1. The Labute approximate surface area is 126 Å². The van der Waals surface area contributed by atoms with Crippen LogP contribution in [0.3, 0.4) is 0 Å². The highest BCUT2D eigenvalue weighted by molar-refractivity contribution is 7.89. The summed E-state index contributed by atoms with van der Waals surface area (Å²) in [5, 5.41) is 0. The Morgan fingerprint density at radius 2 is 1.76 bits per heavy atom. The highest BCUT2D eigenvalue weighted by atomic mass is 32.2. The molecule has 2 rings (SSSR count). The van der Waals surface area contributed by atoms with Crippen molar-refractivity contribution in [1.29, 1.82) is 0 Å². The van der Waals surface area contributed by atoms with Crippen LogP contribution in [-0.4, -0.2) is 48.5 Å². The van der Waals surface area contributed by atoms with Crippen LogP contribution in [0.4, 0.5) is 4.39 Å².